The van der Waals surface area contributed by atoms with Gasteiger partial charge in [-0.3, -0.25) is 14.3 Å². The van der Waals surface area contributed by atoms with Gasteiger partial charge in [-0.1, -0.05) is 48.5 Å². The lowest BCUT2D eigenvalue weighted by Crippen LogP contribution is -2.29. The Morgan fingerprint density at radius 2 is 1.52 bits per heavy atom. The monoisotopic (exact) mass is 566 g/mol. The fourth-order valence-corrected chi connectivity index (χ4v) is 4.97. The van der Waals surface area contributed by atoms with Crippen molar-refractivity contribution in [1.82, 2.24) is 9.55 Å². The second-order valence-electron chi connectivity index (χ2n) is 9.33. The zero-order chi connectivity index (χ0) is 29.6. The van der Waals surface area contributed by atoms with Crippen LogP contribution in [0, 0.1) is 0 Å². The van der Waals surface area contributed by atoms with Crippen molar-refractivity contribution in [3.63, 3.8) is 0 Å². The van der Waals surface area contributed by atoms with Crippen LogP contribution in [0.5, 0.6) is 23.0 Å². The minimum Gasteiger partial charge on any atom is -0.493 e. The van der Waals surface area contributed by atoms with Gasteiger partial charge in [-0.15, -0.1) is 0 Å². The highest BCUT2D eigenvalue weighted by Gasteiger charge is 2.27. The van der Waals surface area contributed by atoms with E-state index in [1.54, 1.807) is 48.8 Å². The highest BCUT2D eigenvalue weighted by Crippen LogP contribution is 2.44. The summed E-state index contributed by atoms with van der Waals surface area (Å²) in [4.78, 5) is 32.0. The molecule has 3 aromatic carbocycles. The van der Waals surface area contributed by atoms with E-state index in [9.17, 15) is 9.59 Å². The molecule has 0 amide bonds. The molecule has 0 spiro atoms. The first-order valence-electron chi connectivity index (χ1n) is 13.1. The first kappa shape index (κ1) is 28.2. The normalized spacial score (nSPS) is 10.8. The largest absolute Gasteiger partial charge is 0.493 e. The molecule has 0 unspecified atom stereocenters. The molecule has 0 aliphatic carbocycles. The third kappa shape index (κ3) is 5.36. The Bertz CT molecular complexity index is 1760. The lowest BCUT2D eigenvalue weighted by Gasteiger charge is -2.21. The van der Waals surface area contributed by atoms with Crippen LogP contribution in [-0.4, -0.2) is 44.0 Å². The third-order valence-electron chi connectivity index (χ3n) is 6.89. The molecule has 2 aromatic heterocycles. The van der Waals surface area contributed by atoms with E-state index in [2.05, 4.69) is 4.98 Å². The molecule has 9 heteroatoms. The fourth-order valence-electron chi connectivity index (χ4n) is 4.97. The Labute approximate surface area is 242 Å². The number of hydrogen-bond donors (Lipinski definition) is 0. The van der Waals surface area contributed by atoms with Crippen LogP contribution in [0.2, 0.25) is 0 Å². The summed E-state index contributed by atoms with van der Waals surface area (Å²) in [6.45, 7) is 0.317. The van der Waals surface area contributed by atoms with E-state index in [1.807, 2.05) is 36.4 Å². The van der Waals surface area contributed by atoms with E-state index in [0.29, 0.717) is 44.9 Å². The molecular weight excluding hydrogens is 536 g/mol. The number of rotatable bonds is 10. The molecule has 0 radical (unpaired) electrons. The molecule has 0 saturated heterocycles. The molecule has 0 N–H and O–H groups in total. The molecule has 5 rings (SSSR count). The van der Waals surface area contributed by atoms with Crippen LogP contribution in [0.1, 0.15) is 21.6 Å². The minimum atomic E-state index is -0.683. The molecule has 0 aliphatic rings. The number of hydrogen-bond acceptors (Lipinski definition) is 8. The first-order valence-corrected chi connectivity index (χ1v) is 13.1. The highest BCUT2D eigenvalue weighted by molar-refractivity contribution is 6.08. The van der Waals surface area contributed by atoms with Crippen molar-refractivity contribution in [1.29, 1.82) is 0 Å². The van der Waals surface area contributed by atoms with Gasteiger partial charge in [0, 0.05) is 23.3 Å². The van der Waals surface area contributed by atoms with Crippen molar-refractivity contribution in [3.05, 3.63) is 112 Å². The minimum absolute atomic E-state index is 0.0633. The van der Waals surface area contributed by atoms with Gasteiger partial charge >= 0.3 is 5.97 Å². The van der Waals surface area contributed by atoms with Gasteiger partial charge in [0.2, 0.25) is 5.75 Å². The Morgan fingerprint density at radius 1 is 0.810 bits per heavy atom. The van der Waals surface area contributed by atoms with Crippen molar-refractivity contribution in [2.45, 2.75) is 13.2 Å². The van der Waals surface area contributed by atoms with Crippen LogP contribution in [0.3, 0.4) is 0 Å². The van der Waals surface area contributed by atoms with Gasteiger partial charge in [0.25, 0.3) is 5.56 Å². The Hall–Kier alpha value is -5.31. The maximum absolute atomic E-state index is 14.3. The van der Waals surface area contributed by atoms with Gasteiger partial charge in [0.05, 0.1) is 40.4 Å². The average Bonchev–Trinajstić information content (AvgIpc) is 3.04. The number of aromatic nitrogens is 2. The number of fused-ring (bicyclic) bond motifs is 1. The molecular formula is C33H30N2O7. The molecule has 0 bridgehead atoms. The third-order valence-corrected chi connectivity index (χ3v) is 6.89. The molecule has 2 heterocycles. The van der Waals surface area contributed by atoms with Crippen molar-refractivity contribution < 1.29 is 28.5 Å². The average molecular weight is 567 g/mol. The molecule has 0 aliphatic heterocycles. The first-order chi connectivity index (χ1) is 20.5. The van der Waals surface area contributed by atoms with Gasteiger partial charge in [0.15, 0.2) is 11.5 Å². The predicted molar refractivity (Wildman–Crippen MR) is 159 cm³/mol. The van der Waals surface area contributed by atoms with Gasteiger partial charge in [-0.2, -0.15) is 0 Å². The van der Waals surface area contributed by atoms with Crippen LogP contribution in [0.25, 0.3) is 21.9 Å². The number of ether oxygens (including phenoxy) is 5. The van der Waals surface area contributed by atoms with Crippen LogP contribution >= 0.6 is 0 Å². The summed E-state index contributed by atoms with van der Waals surface area (Å²) in [6, 6.07) is 22.1. The zero-order valence-corrected chi connectivity index (χ0v) is 23.7. The Kier molecular flexibility index (Phi) is 8.38. The standard InChI is InChI=1S/C33H30N2O7/c1-38-26-16-23(17-27(39-2)31(26)40-3)28-24-13-8-14-25(42-20-21-10-6-5-7-11-21)29(24)32(36)35(30(28)33(37)41-4)19-22-12-9-15-34-18-22/h5-18H,19-20H2,1-4H3. The van der Waals surface area contributed by atoms with Gasteiger partial charge < -0.3 is 23.7 Å². The summed E-state index contributed by atoms with van der Waals surface area (Å²) in [6.07, 6.45) is 3.29. The van der Waals surface area contributed by atoms with Crippen LogP contribution in [0.4, 0.5) is 0 Å². The maximum atomic E-state index is 14.3. The summed E-state index contributed by atoms with van der Waals surface area (Å²) in [5, 5.41) is 0.816. The van der Waals surface area contributed by atoms with Crippen LogP contribution in [0.15, 0.2) is 90.0 Å². The SMILES string of the molecule is COC(=O)c1c(-c2cc(OC)c(OC)c(OC)c2)c2cccc(OCc3ccccc3)c2c(=O)n1Cc1cccnc1. The van der Waals surface area contributed by atoms with E-state index in [-0.39, 0.29) is 18.8 Å². The van der Waals surface area contributed by atoms with E-state index >= 15 is 0 Å². The molecule has 5 aromatic rings. The molecule has 9 nitrogen and oxygen atoms in total. The van der Waals surface area contributed by atoms with E-state index in [0.717, 1.165) is 11.1 Å². The number of carbonyl (C=O) groups excluding carboxylic acids is 1. The number of nitrogens with zero attached hydrogens (tertiary/aromatic N) is 2. The van der Waals surface area contributed by atoms with E-state index in [1.165, 1.54) is 33.0 Å². The zero-order valence-electron chi connectivity index (χ0n) is 23.7. The second-order valence-corrected chi connectivity index (χ2v) is 9.33. The quantitative estimate of drug-likeness (QED) is 0.204. The predicted octanol–water partition coefficient (Wildman–Crippen LogP) is 5.50. The molecule has 0 atom stereocenters. The number of carbonyl (C=O) groups is 1. The summed E-state index contributed by atoms with van der Waals surface area (Å²) in [5.41, 5.74) is 2.33. The molecule has 0 saturated carbocycles. The summed E-state index contributed by atoms with van der Waals surface area (Å²) in [7, 11) is 5.82. The van der Waals surface area contributed by atoms with Crippen LogP contribution in [-0.2, 0) is 17.9 Å². The van der Waals surface area contributed by atoms with Crippen molar-refractivity contribution in [3.8, 4) is 34.1 Å². The van der Waals surface area contributed by atoms with Crippen molar-refractivity contribution in [2.24, 2.45) is 0 Å². The Balaban J connectivity index is 1.86. The fraction of sp³-hybridized carbons (Fsp3) is 0.182. The van der Waals surface area contributed by atoms with E-state index in [4.69, 9.17) is 23.7 Å². The summed E-state index contributed by atoms with van der Waals surface area (Å²) in [5.74, 6) is 0.862. The van der Waals surface area contributed by atoms with Gasteiger partial charge in [-0.25, -0.2) is 4.79 Å². The molecule has 214 valence electrons. The van der Waals surface area contributed by atoms with Gasteiger partial charge in [0.1, 0.15) is 18.1 Å². The summed E-state index contributed by atoms with van der Waals surface area (Å²) < 4.78 is 29.6. The topological polar surface area (TPSA) is 98.1 Å². The van der Waals surface area contributed by atoms with Crippen LogP contribution < -0.4 is 24.5 Å². The number of esters is 1. The lowest BCUT2D eigenvalue weighted by molar-refractivity contribution is 0.0588. The highest BCUT2D eigenvalue weighted by atomic mass is 16.5. The number of methoxy groups -OCH3 is 4. The Morgan fingerprint density at radius 3 is 2.14 bits per heavy atom. The van der Waals surface area contributed by atoms with Gasteiger partial charge in [-0.05, 0) is 41.0 Å². The number of benzene rings is 3. The molecule has 0 fully saturated rings. The van der Waals surface area contributed by atoms with Crippen molar-refractivity contribution >= 4 is 16.7 Å². The summed E-state index contributed by atoms with van der Waals surface area (Å²) >= 11 is 0. The maximum Gasteiger partial charge on any atom is 0.355 e. The number of pyridine rings is 2. The van der Waals surface area contributed by atoms with Crippen molar-refractivity contribution in [2.75, 3.05) is 28.4 Å². The molecule has 42 heavy (non-hydrogen) atoms. The second kappa shape index (κ2) is 12.5. The lowest BCUT2D eigenvalue weighted by atomic mass is 9.95. The van der Waals surface area contributed by atoms with E-state index < -0.39 is 11.5 Å². The smallest absolute Gasteiger partial charge is 0.355 e.